The zero-order valence-electron chi connectivity index (χ0n) is 9.96. The number of methoxy groups -OCH3 is 1. The first kappa shape index (κ1) is 13.2. The molecule has 1 N–H and O–H groups in total. The van der Waals surface area contributed by atoms with Gasteiger partial charge in [-0.15, -0.1) is 0 Å². The lowest BCUT2D eigenvalue weighted by Crippen LogP contribution is -2.10. The van der Waals surface area contributed by atoms with Crippen LogP contribution < -0.4 is 10.1 Å². The maximum absolute atomic E-state index is 5.08. The minimum atomic E-state index is 0.548. The van der Waals surface area contributed by atoms with Gasteiger partial charge in [-0.25, -0.2) is 4.98 Å². The van der Waals surface area contributed by atoms with Gasteiger partial charge in [-0.1, -0.05) is 22.9 Å². The number of alkyl halides is 1. The predicted molar refractivity (Wildman–Crippen MR) is 69.4 cm³/mol. The number of halogens is 1. The predicted octanol–water partition coefficient (Wildman–Crippen LogP) is 2.77. The second kappa shape index (κ2) is 6.68. The monoisotopic (exact) mass is 287 g/mol. The van der Waals surface area contributed by atoms with E-state index >= 15 is 0 Å². The second-order valence-electron chi connectivity index (χ2n) is 3.60. The van der Waals surface area contributed by atoms with Crippen molar-refractivity contribution in [3.8, 4) is 5.88 Å². The van der Waals surface area contributed by atoms with Gasteiger partial charge in [-0.05, 0) is 19.8 Å². The molecule has 1 atom stereocenters. The second-order valence-corrected chi connectivity index (χ2v) is 4.89. The Morgan fingerprint density at radius 2 is 2.25 bits per heavy atom. The molecule has 0 saturated carbocycles. The summed E-state index contributed by atoms with van der Waals surface area (Å²) in [4.78, 5) is 9.05. The van der Waals surface area contributed by atoms with Gasteiger partial charge in [0, 0.05) is 23.1 Å². The van der Waals surface area contributed by atoms with E-state index in [1.165, 1.54) is 0 Å². The summed E-state index contributed by atoms with van der Waals surface area (Å²) in [6, 6.07) is 1.81. The minimum absolute atomic E-state index is 0.548. The van der Waals surface area contributed by atoms with Crippen molar-refractivity contribution in [3.05, 3.63) is 11.8 Å². The average molecular weight is 288 g/mol. The molecule has 0 aliphatic carbocycles. The van der Waals surface area contributed by atoms with Crippen LogP contribution in [0.15, 0.2) is 6.07 Å². The quantitative estimate of drug-likeness (QED) is 0.818. The van der Waals surface area contributed by atoms with Crippen molar-refractivity contribution in [3.63, 3.8) is 0 Å². The number of aryl methyl sites for hydroxylation is 1. The van der Waals surface area contributed by atoms with Gasteiger partial charge in [0.15, 0.2) is 0 Å². The van der Waals surface area contributed by atoms with Gasteiger partial charge in [-0.3, -0.25) is 0 Å². The van der Waals surface area contributed by atoms with E-state index in [0.29, 0.717) is 16.7 Å². The minimum Gasteiger partial charge on any atom is -0.481 e. The molecule has 5 heteroatoms. The number of nitrogens with one attached hydrogen (secondary N) is 1. The van der Waals surface area contributed by atoms with Crippen LogP contribution in [0.4, 0.5) is 5.95 Å². The number of rotatable bonds is 6. The Kier molecular flexibility index (Phi) is 5.52. The van der Waals surface area contributed by atoms with Crippen molar-refractivity contribution in [2.24, 2.45) is 0 Å². The topological polar surface area (TPSA) is 47.0 Å². The van der Waals surface area contributed by atoms with Crippen molar-refractivity contribution in [2.75, 3.05) is 19.0 Å². The molecule has 90 valence electrons. The first-order chi connectivity index (χ1) is 7.65. The van der Waals surface area contributed by atoms with Crippen LogP contribution >= 0.6 is 15.9 Å². The molecule has 1 unspecified atom stereocenters. The van der Waals surface area contributed by atoms with E-state index in [1.807, 2.05) is 13.0 Å². The Hall–Kier alpha value is -0.840. The number of hydrogen-bond acceptors (Lipinski definition) is 4. The largest absolute Gasteiger partial charge is 0.481 e. The molecule has 0 radical (unpaired) electrons. The van der Waals surface area contributed by atoms with Gasteiger partial charge in [0.25, 0.3) is 0 Å². The molecule has 16 heavy (non-hydrogen) atoms. The van der Waals surface area contributed by atoms with Crippen LogP contribution in [0.2, 0.25) is 0 Å². The van der Waals surface area contributed by atoms with Crippen LogP contribution in [0, 0.1) is 6.92 Å². The summed E-state index contributed by atoms with van der Waals surface area (Å²) in [5, 5.41) is 3.19. The highest BCUT2D eigenvalue weighted by atomic mass is 79.9. The smallest absolute Gasteiger partial charge is 0.226 e. The molecule has 0 aliphatic heterocycles. The molecule has 0 spiro atoms. The average Bonchev–Trinajstić information content (AvgIpc) is 2.28. The van der Waals surface area contributed by atoms with E-state index in [1.54, 1.807) is 7.11 Å². The number of anilines is 1. The van der Waals surface area contributed by atoms with E-state index in [4.69, 9.17) is 4.74 Å². The van der Waals surface area contributed by atoms with Crippen molar-refractivity contribution >= 4 is 21.9 Å². The molecule has 0 aliphatic rings. The highest BCUT2D eigenvalue weighted by Gasteiger charge is 2.03. The van der Waals surface area contributed by atoms with E-state index in [-0.39, 0.29) is 0 Å². The number of hydrogen-bond donors (Lipinski definition) is 1. The zero-order valence-corrected chi connectivity index (χ0v) is 11.5. The van der Waals surface area contributed by atoms with Crippen LogP contribution in [-0.4, -0.2) is 28.4 Å². The zero-order chi connectivity index (χ0) is 12.0. The Balaban J connectivity index is 2.50. The molecule has 4 nitrogen and oxygen atoms in total. The molecular formula is C11H18BrN3O. The Labute approximate surface area is 105 Å². The molecule has 1 rings (SSSR count). The summed E-state index contributed by atoms with van der Waals surface area (Å²) in [7, 11) is 1.61. The normalized spacial score (nSPS) is 12.2. The molecule has 1 heterocycles. The van der Waals surface area contributed by atoms with E-state index in [0.717, 1.165) is 25.1 Å². The SMILES string of the molecule is CCC(Br)CCNc1nc(C)cc(OC)n1. The van der Waals surface area contributed by atoms with Gasteiger partial charge < -0.3 is 10.1 Å². The summed E-state index contributed by atoms with van der Waals surface area (Å²) < 4.78 is 5.08. The molecule has 0 amide bonds. The van der Waals surface area contributed by atoms with Crippen LogP contribution in [0.25, 0.3) is 0 Å². The third-order valence-corrected chi connectivity index (χ3v) is 3.33. The van der Waals surface area contributed by atoms with Crippen LogP contribution in [-0.2, 0) is 0 Å². The van der Waals surface area contributed by atoms with Gasteiger partial charge in [-0.2, -0.15) is 4.98 Å². The third-order valence-electron chi connectivity index (χ3n) is 2.22. The van der Waals surface area contributed by atoms with Crippen LogP contribution in [0.3, 0.4) is 0 Å². The number of aromatic nitrogens is 2. The number of ether oxygens (including phenoxy) is 1. The third kappa shape index (κ3) is 4.35. The van der Waals surface area contributed by atoms with E-state index in [2.05, 4.69) is 38.1 Å². The summed E-state index contributed by atoms with van der Waals surface area (Å²) in [5.74, 6) is 1.23. The summed E-state index contributed by atoms with van der Waals surface area (Å²) >= 11 is 3.59. The van der Waals surface area contributed by atoms with E-state index in [9.17, 15) is 0 Å². The Morgan fingerprint density at radius 1 is 1.50 bits per heavy atom. The van der Waals surface area contributed by atoms with Gasteiger partial charge >= 0.3 is 0 Å². The molecule has 0 aromatic carbocycles. The molecule has 0 fully saturated rings. The van der Waals surface area contributed by atoms with Gasteiger partial charge in [0.1, 0.15) is 0 Å². The Morgan fingerprint density at radius 3 is 2.88 bits per heavy atom. The highest BCUT2D eigenvalue weighted by Crippen LogP contribution is 2.12. The van der Waals surface area contributed by atoms with Gasteiger partial charge in [0.2, 0.25) is 11.8 Å². The van der Waals surface area contributed by atoms with Crippen molar-refractivity contribution in [2.45, 2.75) is 31.5 Å². The van der Waals surface area contributed by atoms with Crippen molar-refractivity contribution in [1.29, 1.82) is 0 Å². The van der Waals surface area contributed by atoms with Crippen molar-refractivity contribution in [1.82, 2.24) is 9.97 Å². The van der Waals surface area contributed by atoms with Crippen LogP contribution in [0.5, 0.6) is 5.88 Å². The molecule has 0 saturated heterocycles. The first-order valence-electron chi connectivity index (χ1n) is 5.43. The molecule has 0 bridgehead atoms. The fourth-order valence-electron chi connectivity index (χ4n) is 1.27. The lowest BCUT2D eigenvalue weighted by molar-refractivity contribution is 0.397. The molecule has 1 aromatic rings. The van der Waals surface area contributed by atoms with Gasteiger partial charge in [0.05, 0.1) is 7.11 Å². The fourth-order valence-corrected chi connectivity index (χ4v) is 1.50. The number of nitrogens with zero attached hydrogens (tertiary/aromatic N) is 2. The first-order valence-corrected chi connectivity index (χ1v) is 6.35. The summed E-state index contributed by atoms with van der Waals surface area (Å²) in [6.07, 6.45) is 2.18. The lowest BCUT2D eigenvalue weighted by Gasteiger charge is -2.09. The fraction of sp³-hybridized carbons (Fsp3) is 0.636. The summed E-state index contributed by atoms with van der Waals surface area (Å²) in [5.41, 5.74) is 0.903. The molecular weight excluding hydrogens is 270 g/mol. The van der Waals surface area contributed by atoms with E-state index < -0.39 is 0 Å². The van der Waals surface area contributed by atoms with Crippen LogP contribution in [0.1, 0.15) is 25.5 Å². The Bertz CT molecular complexity index is 333. The highest BCUT2D eigenvalue weighted by molar-refractivity contribution is 9.09. The maximum Gasteiger partial charge on any atom is 0.226 e. The lowest BCUT2D eigenvalue weighted by atomic mass is 10.2. The summed E-state index contributed by atoms with van der Waals surface area (Å²) in [6.45, 7) is 4.94. The molecule has 1 aromatic heterocycles. The van der Waals surface area contributed by atoms with Crippen molar-refractivity contribution < 1.29 is 4.74 Å². The standard InChI is InChI=1S/C11H18BrN3O/c1-4-9(12)5-6-13-11-14-8(2)7-10(15-11)16-3/h7,9H,4-6H2,1-3H3,(H,13,14,15). The maximum atomic E-state index is 5.08.